The summed E-state index contributed by atoms with van der Waals surface area (Å²) in [5.41, 5.74) is 5.03. The highest BCUT2D eigenvalue weighted by molar-refractivity contribution is 5.97. The number of hydrogen-bond acceptors (Lipinski definition) is 13. The number of aromatic nitrogens is 3. The number of anilines is 1. The Labute approximate surface area is 340 Å². The number of carbonyl (C=O) groups excluding carboxylic acids is 3. The van der Waals surface area contributed by atoms with E-state index in [1.807, 2.05) is 36.2 Å². The molecule has 3 heterocycles. The van der Waals surface area contributed by atoms with E-state index in [2.05, 4.69) is 26.2 Å². The van der Waals surface area contributed by atoms with Crippen molar-refractivity contribution in [2.45, 2.75) is 6.42 Å². The van der Waals surface area contributed by atoms with Gasteiger partial charge in [0.25, 0.3) is 34.4 Å². The van der Waals surface area contributed by atoms with Crippen LogP contribution in [-0.2, 0) is 27.6 Å². The Kier molecular flexibility index (Phi) is 16.4. The van der Waals surface area contributed by atoms with Gasteiger partial charge < -0.3 is 56.0 Å². The average molecular weight is 819 g/mol. The minimum absolute atomic E-state index is 0.0684. The Morgan fingerprint density at radius 2 is 0.932 bits per heavy atom. The number of amides is 3. The summed E-state index contributed by atoms with van der Waals surface area (Å²) in [6, 6.07) is 11.6. The molecule has 4 aromatic rings. The van der Waals surface area contributed by atoms with E-state index in [9.17, 15) is 44.1 Å². The maximum absolute atomic E-state index is 13.1. The summed E-state index contributed by atoms with van der Waals surface area (Å²) in [6.07, 6.45) is 4.77. The molecular formula is C40H54N10O9. The number of nitrogen functional groups attached to an aromatic ring is 1. The van der Waals surface area contributed by atoms with Gasteiger partial charge in [0.2, 0.25) is 0 Å². The van der Waals surface area contributed by atoms with Crippen molar-refractivity contribution in [1.29, 1.82) is 0 Å². The van der Waals surface area contributed by atoms with Crippen molar-refractivity contribution in [3.63, 3.8) is 0 Å². The summed E-state index contributed by atoms with van der Waals surface area (Å²) >= 11 is 0. The maximum Gasteiger partial charge on any atom is 0.293 e. The second kappa shape index (κ2) is 21.4. The molecular weight excluding hydrogens is 765 g/mol. The van der Waals surface area contributed by atoms with Crippen molar-refractivity contribution in [2.75, 3.05) is 78.2 Å². The van der Waals surface area contributed by atoms with Gasteiger partial charge in [0, 0.05) is 111 Å². The van der Waals surface area contributed by atoms with E-state index in [-0.39, 0.29) is 55.3 Å². The lowest BCUT2D eigenvalue weighted by Crippen LogP contribution is -2.46. The summed E-state index contributed by atoms with van der Waals surface area (Å²) in [7, 11) is 6.21. The molecule has 4 rings (SSSR count). The lowest BCUT2D eigenvalue weighted by Gasteiger charge is -2.32. The van der Waals surface area contributed by atoms with Crippen molar-refractivity contribution in [2.24, 2.45) is 27.1 Å². The Bertz CT molecular complexity index is 2190. The number of pyridine rings is 3. The van der Waals surface area contributed by atoms with Crippen LogP contribution in [0.1, 0.15) is 36.6 Å². The number of hydrogen-bond donors (Lipinski definition) is 8. The monoisotopic (exact) mass is 818 g/mol. The maximum atomic E-state index is 13.1. The van der Waals surface area contributed by atoms with Gasteiger partial charge in [0.15, 0.2) is 17.2 Å². The standard InChI is InChI=1S/C40H54N10O9/c1-42-12-19-49(20-13-43-35(54)29-9-16-46(2)38(57)32(29)51)24-27(23-26-5-7-28(41)8-6-26)25-50(21-14-44-36(55)30-10-17-47(3)39(58)33(30)52)22-15-45-37(56)31-11-18-48(4)40(59)34(31)53/h5-11,16-18,27,42,51-53H,12-15,19-25,41H2,1-4H3,(H,43,54)(H,44,55)(H,45,56). The molecule has 0 saturated heterocycles. The van der Waals surface area contributed by atoms with Crippen LogP contribution in [0.4, 0.5) is 5.69 Å². The van der Waals surface area contributed by atoms with Gasteiger partial charge in [-0.15, -0.1) is 0 Å². The molecule has 3 aromatic heterocycles. The number of nitrogens with two attached hydrogens (primary N) is 1. The Balaban J connectivity index is 1.54. The van der Waals surface area contributed by atoms with E-state index in [4.69, 9.17) is 5.73 Å². The predicted molar refractivity (Wildman–Crippen MR) is 222 cm³/mol. The smallest absolute Gasteiger partial charge is 0.293 e. The molecule has 1 unspecified atom stereocenters. The highest BCUT2D eigenvalue weighted by Gasteiger charge is 2.22. The van der Waals surface area contributed by atoms with Gasteiger partial charge in [0.05, 0.1) is 16.7 Å². The fourth-order valence-electron chi connectivity index (χ4n) is 6.43. The molecule has 0 bridgehead atoms. The van der Waals surface area contributed by atoms with Crippen LogP contribution in [0, 0.1) is 5.92 Å². The molecule has 19 nitrogen and oxygen atoms in total. The molecule has 0 aliphatic carbocycles. The summed E-state index contributed by atoms with van der Waals surface area (Å²) in [4.78, 5) is 80.0. The van der Waals surface area contributed by atoms with Crippen LogP contribution in [0.3, 0.4) is 0 Å². The normalized spacial score (nSPS) is 11.8. The summed E-state index contributed by atoms with van der Waals surface area (Å²) in [6.45, 7) is 3.64. The number of carbonyl (C=O) groups is 3. The quantitative estimate of drug-likeness (QED) is 0.0458. The Morgan fingerprint density at radius 1 is 0.593 bits per heavy atom. The molecule has 3 amide bonds. The Hall–Kier alpha value is -6.44. The lowest BCUT2D eigenvalue weighted by atomic mass is 9.97. The fourth-order valence-corrected chi connectivity index (χ4v) is 6.43. The molecule has 0 aliphatic rings. The molecule has 0 radical (unpaired) electrons. The van der Waals surface area contributed by atoms with Crippen LogP contribution in [-0.4, -0.2) is 129 Å². The van der Waals surface area contributed by atoms with E-state index in [0.717, 1.165) is 14.7 Å². The average Bonchev–Trinajstić information content (AvgIpc) is 3.20. The van der Waals surface area contributed by atoms with Gasteiger partial charge in [0.1, 0.15) is 0 Å². The molecule has 9 N–H and O–H groups in total. The molecule has 19 heteroatoms. The SMILES string of the molecule is CNCCN(CCNC(=O)c1ccn(C)c(=O)c1O)CC(Cc1ccc(N)cc1)CN(CCNC(=O)c1ccn(C)c(=O)c1O)CCNC(=O)c1ccn(C)c(=O)c1O. The highest BCUT2D eigenvalue weighted by atomic mass is 16.3. The fraction of sp³-hybridized carbons (Fsp3) is 0.400. The zero-order valence-corrected chi connectivity index (χ0v) is 33.7. The topological polar surface area (TPSA) is 259 Å². The first-order valence-electron chi connectivity index (χ1n) is 19.0. The predicted octanol–water partition coefficient (Wildman–Crippen LogP) is -1.25. The van der Waals surface area contributed by atoms with Gasteiger partial charge >= 0.3 is 0 Å². The zero-order valence-electron chi connectivity index (χ0n) is 33.7. The van der Waals surface area contributed by atoms with Crippen molar-refractivity contribution in [3.8, 4) is 17.2 Å². The molecule has 59 heavy (non-hydrogen) atoms. The first-order chi connectivity index (χ1) is 28.1. The van der Waals surface area contributed by atoms with Gasteiger partial charge in [-0.05, 0) is 55.3 Å². The molecule has 0 aliphatic heterocycles. The molecule has 318 valence electrons. The second-order valence-corrected chi connectivity index (χ2v) is 14.3. The van der Waals surface area contributed by atoms with E-state index in [1.165, 1.54) is 62.5 Å². The molecule has 1 atom stereocenters. The number of nitrogens with one attached hydrogen (secondary N) is 4. The molecule has 0 spiro atoms. The number of aryl methyl sites for hydroxylation is 3. The second-order valence-electron chi connectivity index (χ2n) is 14.3. The number of benzene rings is 1. The third kappa shape index (κ3) is 12.5. The van der Waals surface area contributed by atoms with Gasteiger partial charge in [-0.3, -0.25) is 38.6 Å². The van der Waals surface area contributed by atoms with Crippen LogP contribution in [0.25, 0.3) is 0 Å². The summed E-state index contributed by atoms with van der Waals surface area (Å²) in [5, 5.41) is 42.4. The van der Waals surface area contributed by atoms with E-state index < -0.39 is 51.6 Å². The molecule has 0 fully saturated rings. The molecule has 0 saturated carbocycles. The number of rotatable bonds is 21. The summed E-state index contributed by atoms with van der Waals surface area (Å²) in [5.74, 6) is -3.91. The minimum Gasteiger partial charge on any atom is -0.502 e. The van der Waals surface area contributed by atoms with Crippen LogP contribution in [0.5, 0.6) is 17.2 Å². The van der Waals surface area contributed by atoms with Crippen LogP contribution < -0.4 is 43.7 Å². The van der Waals surface area contributed by atoms with Crippen molar-refractivity contribution >= 4 is 23.4 Å². The molecule has 1 aromatic carbocycles. The van der Waals surface area contributed by atoms with Gasteiger partial charge in [-0.1, -0.05) is 12.1 Å². The first kappa shape index (κ1) is 45.3. The lowest BCUT2D eigenvalue weighted by molar-refractivity contribution is 0.0935. The van der Waals surface area contributed by atoms with Crippen molar-refractivity contribution < 1.29 is 29.7 Å². The first-order valence-corrected chi connectivity index (χ1v) is 19.0. The highest BCUT2D eigenvalue weighted by Crippen LogP contribution is 2.16. The number of aromatic hydroxyl groups is 3. The zero-order chi connectivity index (χ0) is 43.2. The summed E-state index contributed by atoms with van der Waals surface area (Å²) < 4.78 is 3.48. The van der Waals surface area contributed by atoms with E-state index >= 15 is 0 Å². The third-order valence-corrected chi connectivity index (χ3v) is 9.82. The Morgan fingerprint density at radius 3 is 1.27 bits per heavy atom. The van der Waals surface area contributed by atoms with E-state index in [0.29, 0.717) is 44.8 Å². The number of nitrogens with zero attached hydrogens (tertiary/aromatic N) is 5. The minimum atomic E-state index is -0.714. The van der Waals surface area contributed by atoms with Crippen LogP contribution in [0.15, 0.2) is 75.4 Å². The van der Waals surface area contributed by atoms with Crippen LogP contribution >= 0.6 is 0 Å². The largest absolute Gasteiger partial charge is 0.502 e. The van der Waals surface area contributed by atoms with Gasteiger partial charge in [-0.25, -0.2) is 0 Å². The van der Waals surface area contributed by atoms with Gasteiger partial charge in [-0.2, -0.15) is 0 Å². The van der Waals surface area contributed by atoms with Crippen molar-refractivity contribution in [1.82, 2.24) is 44.8 Å². The van der Waals surface area contributed by atoms with Crippen molar-refractivity contribution in [3.05, 3.63) is 114 Å². The van der Waals surface area contributed by atoms with E-state index in [1.54, 1.807) is 0 Å². The number of likely N-dealkylation sites (N-methyl/N-ethyl adjacent to an activating group) is 1. The third-order valence-electron chi connectivity index (χ3n) is 9.82. The van der Waals surface area contributed by atoms with Crippen LogP contribution in [0.2, 0.25) is 0 Å².